The second-order valence-corrected chi connectivity index (χ2v) is 3.76. The molecule has 0 aliphatic carbocycles. The number of carbonyl (C=O) groups excluding carboxylic acids is 1. The predicted octanol–water partition coefficient (Wildman–Crippen LogP) is 2.24. The first-order valence-corrected chi connectivity index (χ1v) is 5.19. The fourth-order valence-corrected chi connectivity index (χ4v) is 1.88. The number of furan rings is 1. The van der Waals surface area contributed by atoms with Crippen LogP contribution in [0.1, 0.15) is 22.3 Å². The van der Waals surface area contributed by atoms with Crippen molar-refractivity contribution >= 4 is 11.6 Å². The molecule has 0 fully saturated rings. The van der Waals surface area contributed by atoms with E-state index in [1.165, 1.54) is 6.26 Å². The van der Waals surface area contributed by atoms with Crippen molar-refractivity contribution < 1.29 is 14.4 Å². The zero-order valence-corrected chi connectivity index (χ0v) is 8.83. The molecule has 2 heterocycles. The summed E-state index contributed by atoms with van der Waals surface area (Å²) in [6.07, 6.45) is 0.808. The smallest absolute Gasteiger partial charge is 0.281 e. The zero-order valence-electron chi connectivity index (χ0n) is 8.83. The fourth-order valence-electron chi connectivity index (χ4n) is 1.88. The van der Waals surface area contributed by atoms with Crippen LogP contribution in [0.4, 0.5) is 5.69 Å². The maximum atomic E-state index is 11.9. The van der Waals surface area contributed by atoms with Crippen molar-refractivity contribution in [3.63, 3.8) is 0 Å². The molecule has 1 atom stereocenters. The summed E-state index contributed by atoms with van der Waals surface area (Å²) < 4.78 is 5.19. The predicted molar refractivity (Wildman–Crippen MR) is 59.5 cm³/mol. The van der Waals surface area contributed by atoms with Crippen molar-refractivity contribution in [1.29, 1.82) is 0 Å². The second kappa shape index (κ2) is 3.64. The average Bonchev–Trinajstić information content (AvgIpc) is 2.87. The number of hydrogen-bond acceptors (Lipinski definition) is 4. The SMILES string of the molecule is O=C1c2ccccc2N[C@H](c2ccco2)N1O. The number of amides is 1. The minimum Gasteiger partial charge on any atom is -0.465 e. The Hall–Kier alpha value is -2.27. The number of carbonyl (C=O) groups is 1. The van der Waals surface area contributed by atoms with Gasteiger partial charge in [-0.25, -0.2) is 0 Å². The van der Waals surface area contributed by atoms with Crippen LogP contribution >= 0.6 is 0 Å². The van der Waals surface area contributed by atoms with Gasteiger partial charge in [0, 0.05) is 5.69 Å². The van der Waals surface area contributed by atoms with Gasteiger partial charge in [0.2, 0.25) is 0 Å². The average molecular weight is 230 g/mol. The van der Waals surface area contributed by atoms with E-state index in [-0.39, 0.29) is 0 Å². The number of benzene rings is 1. The van der Waals surface area contributed by atoms with Crippen molar-refractivity contribution in [2.24, 2.45) is 0 Å². The van der Waals surface area contributed by atoms with Crippen LogP contribution in [0.3, 0.4) is 0 Å². The van der Waals surface area contributed by atoms with Crippen molar-refractivity contribution in [2.45, 2.75) is 6.17 Å². The molecule has 86 valence electrons. The second-order valence-electron chi connectivity index (χ2n) is 3.76. The highest BCUT2D eigenvalue weighted by Crippen LogP contribution is 2.31. The molecule has 2 N–H and O–H groups in total. The van der Waals surface area contributed by atoms with E-state index < -0.39 is 12.1 Å². The molecular formula is C12H10N2O3. The molecule has 5 heteroatoms. The summed E-state index contributed by atoms with van der Waals surface area (Å²) in [7, 11) is 0. The molecule has 1 aromatic heterocycles. The van der Waals surface area contributed by atoms with Gasteiger partial charge in [0.05, 0.1) is 11.8 Å². The van der Waals surface area contributed by atoms with Crippen LogP contribution in [0.5, 0.6) is 0 Å². The van der Waals surface area contributed by atoms with Crippen molar-refractivity contribution in [2.75, 3.05) is 5.32 Å². The largest absolute Gasteiger partial charge is 0.465 e. The number of fused-ring (bicyclic) bond motifs is 1. The molecule has 17 heavy (non-hydrogen) atoms. The fraction of sp³-hybridized carbons (Fsp3) is 0.0833. The van der Waals surface area contributed by atoms with E-state index in [9.17, 15) is 10.0 Å². The van der Waals surface area contributed by atoms with Crippen LogP contribution in [0, 0.1) is 0 Å². The quantitative estimate of drug-likeness (QED) is 0.737. The van der Waals surface area contributed by atoms with Gasteiger partial charge in [-0.15, -0.1) is 0 Å². The Labute approximate surface area is 97.2 Å². The molecule has 5 nitrogen and oxygen atoms in total. The highest BCUT2D eigenvalue weighted by Gasteiger charge is 2.33. The minimum atomic E-state index is -0.688. The standard InChI is InChI=1S/C12H10N2O3/c15-12-8-4-1-2-5-9(8)13-11(14(12)16)10-6-3-7-17-10/h1-7,11,13,16H/t11-/m0/s1. The molecule has 0 unspecified atom stereocenters. The Morgan fingerprint density at radius 2 is 2.06 bits per heavy atom. The summed E-state index contributed by atoms with van der Waals surface area (Å²) in [5.41, 5.74) is 1.13. The first-order chi connectivity index (χ1) is 8.27. The minimum absolute atomic E-state index is 0.442. The van der Waals surface area contributed by atoms with Crippen LogP contribution in [0.15, 0.2) is 47.1 Å². The number of nitrogens with zero attached hydrogens (tertiary/aromatic N) is 1. The van der Waals surface area contributed by atoms with Gasteiger partial charge in [0.15, 0.2) is 6.17 Å². The first kappa shape index (κ1) is 9.92. The van der Waals surface area contributed by atoms with Crippen molar-refractivity contribution in [3.05, 3.63) is 54.0 Å². The normalized spacial score (nSPS) is 18.8. The van der Waals surface area contributed by atoms with E-state index in [2.05, 4.69) is 5.32 Å². The van der Waals surface area contributed by atoms with Gasteiger partial charge < -0.3 is 9.73 Å². The summed E-state index contributed by atoms with van der Waals surface area (Å²) in [5, 5.41) is 13.5. The van der Waals surface area contributed by atoms with Gasteiger partial charge in [-0.3, -0.25) is 10.0 Å². The Balaban J connectivity index is 2.05. The van der Waals surface area contributed by atoms with Gasteiger partial charge >= 0.3 is 0 Å². The van der Waals surface area contributed by atoms with Crippen LogP contribution in [0.25, 0.3) is 0 Å². The highest BCUT2D eigenvalue weighted by molar-refractivity contribution is 6.00. The summed E-state index contributed by atoms with van der Waals surface area (Å²) in [6, 6.07) is 10.4. The van der Waals surface area contributed by atoms with Crippen molar-refractivity contribution in [1.82, 2.24) is 5.06 Å². The summed E-state index contributed by atoms with van der Waals surface area (Å²) >= 11 is 0. The monoisotopic (exact) mass is 230 g/mol. The third kappa shape index (κ3) is 1.48. The van der Waals surface area contributed by atoms with E-state index >= 15 is 0 Å². The number of nitrogens with one attached hydrogen (secondary N) is 1. The number of hydrogen-bond donors (Lipinski definition) is 2. The molecule has 1 aliphatic heterocycles. The Kier molecular flexibility index (Phi) is 2.12. The first-order valence-electron chi connectivity index (χ1n) is 5.19. The van der Waals surface area contributed by atoms with Gasteiger partial charge in [-0.2, -0.15) is 5.06 Å². The van der Waals surface area contributed by atoms with E-state index in [1.807, 2.05) is 6.07 Å². The lowest BCUT2D eigenvalue weighted by molar-refractivity contribution is -0.0894. The molecule has 2 aromatic rings. The van der Waals surface area contributed by atoms with E-state index in [1.54, 1.807) is 30.3 Å². The Bertz CT molecular complexity index is 551. The van der Waals surface area contributed by atoms with Gasteiger partial charge in [0.25, 0.3) is 5.91 Å². The Morgan fingerprint density at radius 3 is 2.82 bits per heavy atom. The van der Waals surface area contributed by atoms with Crippen LogP contribution in [0.2, 0.25) is 0 Å². The van der Waals surface area contributed by atoms with E-state index in [0.717, 1.165) is 0 Å². The van der Waals surface area contributed by atoms with Crippen LogP contribution in [-0.2, 0) is 0 Å². The lowest BCUT2D eigenvalue weighted by atomic mass is 10.1. The van der Waals surface area contributed by atoms with Gasteiger partial charge in [0.1, 0.15) is 5.76 Å². The van der Waals surface area contributed by atoms with Gasteiger partial charge in [-0.1, -0.05) is 12.1 Å². The van der Waals surface area contributed by atoms with Crippen molar-refractivity contribution in [3.8, 4) is 0 Å². The topological polar surface area (TPSA) is 65.7 Å². The Morgan fingerprint density at radius 1 is 1.24 bits per heavy atom. The molecule has 0 radical (unpaired) electrons. The number of hydroxylamine groups is 2. The highest BCUT2D eigenvalue weighted by atomic mass is 16.5. The third-order valence-corrected chi connectivity index (χ3v) is 2.72. The molecule has 1 amide bonds. The number of anilines is 1. The summed E-state index contributed by atoms with van der Waals surface area (Å²) in [6.45, 7) is 0. The molecule has 1 aliphatic rings. The van der Waals surface area contributed by atoms with E-state index in [4.69, 9.17) is 4.42 Å². The van der Waals surface area contributed by atoms with Gasteiger partial charge in [-0.05, 0) is 24.3 Å². The maximum absolute atomic E-state index is 11.9. The lowest BCUT2D eigenvalue weighted by Gasteiger charge is -2.31. The summed E-state index contributed by atoms with van der Waals surface area (Å²) in [5.74, 6) is 0.0381. The van der Waals surface area contributed by atoms with Crippen LogP contribution < -0.4 is 5.32 Å². The van der Waals surface area contributed by atoms with E-state index in [0.29, 0.717) is 22.1 Å². The number of rotatable bonds is 1. The molecule has 0 saturated carbocycles. The van der Waals surface area contributed by atoms with Crippen LogP contribution in [-0.4, -0.2) is 16.2 Å². The molecule has 0 saturated heterocycles. The zero-order chi connectivity index (χ0) is 11.8. The molecule has 1 aromatic carbocycles. The third-order valence-electron chi connectivity index (χ3n) is 2.72. The molecule has 0 spiro atoms. The summed E-state index contributed by atoms with van der Waals surface area (Å²) in [4.78, 5) is 11.9. The lowest BCUT2D eigenvalue weighted by Crippen LogP contribution is -2.40. The molecule has 0 bridgehead atoms. The molecular weight excluding hydrogens is 220 g/mol. The maximum Gasteiger partial charge on any atom is 0.281 e. The number of para-hydroxylation sites is 1. The molecule has 3 rings (SSSR count).